The fraction of sp³-hybridized carbons (Fsp3) is 0.278. The standard InChI is InChI=1S/C18H19N5O3S2/c1-3-15-8-12(10-27-15)17-20-21-18(22(17)4-2)28-11-16(24)19-13-6-5-7-14(9-13)23(25)26/h5-10H,3-4,11H2,1-2H3,(H,19,24). The number of anilines is 1. The molecule has 0 atom stereocenters. The molecular weight excluding hydrogens is 398 g/mol. The molecule has 0 aliphatic carbocycles. The molecule has 8 nitrogen and oxygen atoms in total. The molecule has 28 heavy (non-hydrogen) atoms. The number of hydrogen-bond donors (Lipinski definition) is 1. The number of thioether (sulfide) groups is 1. The van der Waals surface area contributed by atoms with Gasteiger partial charge in [0.05, 0.1) is 10.7 Å². The lowest BCUT2D eigenvalue weighted by Crippen LogP contribution is -2.14. The first-order valence-electron chi connectivity index (χ1n) is 8.69. The van der Waals surface area contributed by atoms with Gasteiger partial charge in [0, 0.05) is 40.2 Å². The molecule has 2 heterocycles. The SMILES string of the molecule is CCc1cc(-c2nnc(SCC(=O)Nc3cccc([N+](=O)[O-])c3)n2CC)cs1. The highest BCUT2D eigenvalue weighted by molar-refractivity contribution is 7.99. The third kappa shape index (κ3) is 4.57. The Hall–Kier alpha value is -2.72. The number of hydrogen-bond acceptors (Lipinski definition) is 7. The van der Waals surface area contributed by atoms with E-state index in [-0.39, 0.29) is 17.3 Å². The third-order valence-electron chi connectivity index (χ3n) is 3.97. The molecule has 0 bridgehead atoms. The number of aryl methyl sites for hydroxylation is 1. The summed E-state index contributed by atoms with van der Waals surface area (Å²) in [5.41, 5.74) is 1.36. The number of amides is 1. The molecule has 0 aliphatic rings. The first-order valence-corrected chi connectivity index (χ1v) is 10.6. The van der Waals surface area contributed by atoms with Crippen LogP contribution in [0.5, 0.6) is 0 Å². The van der Waals surface area contributed by atoms with Crippen molar-refractivity contribution in [2.75, 3.05) is 11.1 Å². The molecule has 0 fully saturated rings. The van der Waals surface area contributed by atoms with E-state index in [2.05, 4.69) is 33.9 Å². The summed E-state index contributed by atoms with van der Waals surface area (Å²) in [5.74, 6) is 0.659. The van der Waals surface area contributed by atoms with Crippen molar-refractivity contribution < 1.29 is 9.72 Å². The van der Waals surface area contributed by atoms with Gasteiger partial charge in [0.15, 0.2) is 11.0 Å². The number of rotatable bonds is 8. The van der Waals surface area contributed by atoms with E-state index in [0.717, 1.165) is 17.8 Å². The molecule has 0 unspecified atom stereocenters. The number of nitro groups is 1. The summed E-state index contributed by atoms with van der Waals surface area (Å²) >= 11 is 2.98. The van der Waals surface area contributed by atoms with Crippen LogP contribution in [-0.4, -0.2) is 31.3 Å². The number of nitrogens with zero attached hydrogens (tertiary/aromatic N) is 4. The molecule has 0 saturated heterocycles. The summed E-state index contributed by atoms with van der Waals surface area (Å²) in [5, 5.41) is 24.8. The molecule has 2 aromatic heterocycles. The first kappa shape index (κ1) is 20.0. The summed E-state index contributed by atoms with van der Waals surface area (Å²) in [4.78, 5) is 23.8. The predicted octanol–water partition coefficient (Wildman–Crippen LogP) is 4.23. The van der Waals surface area contributed by atoms with E-state index in [1.165, 1.54) is 34.8 Å². The molecule has 1 amide bonds. The molecule has 1 aromatic carbocycles. The molecule has 3 rings (SSSR count). The van der Waals surface area contributed by atoms with Crippen molar-refractivity contribution in [3.8, 4) is 11.4 Å². The Bertz CT molecular complexity index is 999. The van der Waals surface area contributed by atoms with E-state index in [0.29, 0.717) is 17.4 Å². The van der Waals surface area contributed by atoms with Gasteiger partial charge in [0.2, 0.25) is 5.91 Å². The van der Waals surface area contributed by atoms with Gasteiger partial charge in [-0.3, -0.25) is 14.9 Å². The normalized spacial score (nSPS) is 10.8. The summed E-state index contributed by atoms with van der Waals surface area (Å²) in [7, 11) is 0. The van der Waals surface area contributed by atoms with Crippen molar-refractivity contribution in [3.05, 3.63) is 50.7 Å². The Morgan fingerprint density at radius 1 is 1.32 bits per heavy atom. The van der Waals surface area contributed by atoms with Crippen LogP contribution in [0.15, 0.2) is 40.9 Å². The van der Waals surface area contributed by atoms with Gasteiger partial charge in [-0.2, -0.15) is 0 Å². The van der Waals surface area contributed by atoms with Crippen molar-refractivity contribution in [1.82, 2.24) is 14.8 Å². The van der Waals surface area contributed by atoms with Crippen LogP contribution in [0.4, 0.5) is 11.4 Å². The highest BCUT2D eigenvalue weighted by Gasteiger charge is 2.16. The number of aromatic nitrogens is 3. The zero-order chi connectivity index (χ0) is 20.1. The van der Waals surface area contributed by atoms with Crippen molar-refractivity contribution in [2.24, 2.45) is 0 Å². The largest absolute Gasteiger partial charge is 0.325 e. The van der Waals surface area contributed by atoms with Crippen LogP contribution in [0.1, 0.15) is 18.7 Å². The second-order valence-electron chi connectivity index (χ2n) is 5.85. The summed E-state index contributed by atoms with van der Waals surface area (Å²) < 4.78 is 1.98. The van der Waals surface area contributed by atoms with E-state index < -0.39 is 4.92 Å². The van der Waals surface area contributed by atoms with Crippen molar-refractivity contribution in [1.29, 1.82) is 0 Å². The topological polar surface area (TPSA) is 103 Å². The van der Waals surface area contributed by atoms with E-state index in [1.54, 1.807) is 17.4 Å². The van der Waals surface area contributed by atoms with Gasteiger partial charge in [-0.05, 0) is 25.5 Å². The van der Waals surface area contributed by atoms with Crippen LogP contribution in [0.3, 0.4) is 0 Å². The van der Waals surface area contributed by atoms with Gasteiger partial charge in [0.25, 0.3) is 5.69 Å². The Morgan fingerprint density at radius 3 is 2.82 bits per heavy atom. The van der Waals surface area contributed by atoms with Crippen LogP contribution in [-0.2, 0) is 17.8 Å². The Labute approximate surface area is 170 Å². The number of nitro benzene ring substituents is 1. The lowest BCUT2D eigenvalue weighted by Gasteiger charge is -2.07. The third-order valence-corrected chi connectivity index (χ3v) is 6.01. The van der Waals surface area contributed by atoms with Crippen molar-refractivity contribution in [2.45, 2.75) is 32.0 Å². The van der Waals surface area contributed by atoms with E-state index >= 15 is 0 Å². The number of carbonyl (C=O) groups excluding carboxylic acids is 1. The minimum Gasteiger partial charge on any atom is -0.325 e. The molecular formula is C18H19N5O3S2. The summed E-state index contributed by atoms with van der Waals surface area (Å²) in [6, 6.07) is 7.97. The second-order valence-corrected chi connectivity index (χ2v) is 7.79. The summed E-state index contributed by atoms with van der Waals surface area (Å²) in [6.07, 6.45) is 0.977. The zero-order valence-electron chi connectivity index (χ0n) is 15.4. The smallest absolute Gasteiger partial charge is 0.271 e. The number of thiophene rings is 1. The van der Waals surface area contributed by atoms with Crippen LogP contribution >= 0.6 is 23.1 Å². The van der Waals surface area contributed by atoms with Crippen molar-refractivity contribution in [3.63, 3.8) is 0 Å². The van der Waals surface area contributed by atoms with Crippen LogP contribution in [0.25, 0.3) is 11.4 Å². The monoisotopic (exact) mass is 417 g/mol. The number of non-ortho nitro benzene ring substituents is 1. The highest BCUT2D eigenvalue weighted by atomic mass is 32.2. The minimum atomic E-state index is -0.496. The van der Waals surface area contributed by atoms with E-state index in [4.69, 9.17) is 0 Å². The molecule has 0 radical (unpaired) electrons. The Morgan fingerprint density at radius 2 is 2.14 bits per heavy atom. The lowest BCUT2D eigenvalue weighted by molar-refractivity contribution is -0.384. The van der Waals surface area contributed by atoms with Gasteiger partial charge < -0.3 is 9.88 Å². The Kier molecular flexibility index (Phi) is 6.42. The minimum absolute atomic E-state index is 0.0666. The Balaban J connectivity index is 1.66. The fourth-order valence-electron chi connectivity index (χ4n) is 2.60. The highest BCUT2D eigenvalue weighted by Crippen LogP contribution is 2.28. The molecule has 1 N–H and O–H groups in total. The van der Waals surface area contributed by atoms with Gasteiger partial charge >= 0.3 is 0 Å². The maximum Gasteiger partial charge on any atom is 0.271 e. The van der Waals surface area contributed by atoms with E-state index in [1.807, 2.05) is 11.5 Å². The zero-order valence-corrected chi connectivity index (χ0v) is 17.0. The fourth-order valence-corrected chi connectivity index (χ4v) is 4.22. The maximum atomic E-state index is 12.2. The molecule has 3 aromatic rings. The number of carbonyl (C=O) groups is 1. The van der Waals surface area contributed by atoms with E-state index in [9.17, 15) is 14.9 Å². The van der Waals surface area contributed by atoms with Crippen LogP contribution in [0.2, 0.25) is 0 Å². The van der Waals surface area contributed by atoms with Crippen molar-refractivity contribution >= 4 is 40.4 Å². The van der Waals surface area contributed by atoms with Crippen LogP contribution < -0.4 is 5.32 Å². The average Bonchev–Trinajstić information content (AvgIpc) is 3.32. The lowest BCUT2D eigenvalue weighted by atomic mass is 10.2. The van der Waals surface area contributed by atoms with Crippen LogP contribution in [0, 0.1) is 10.1 Å². The molecule has 146 valence electrons. The predicted molar refractivity (Wildman–Crippen MR) is 111 cm³/mol. The summed E-state index contributed by atoms with van der Waals surface area (Å²) in [6.45, 7) is 4.81. The van der Waals surface area contributed by atoms with Gasteiger partial charge in [-0.25, -0.2) is 0 Å². The maximum absolute atomic E-state index is 12.2. The molecule has 0 spiro atoms. The first-order chi connectivity index (χ1) is 13.5. The van der Waals surface area contributed by atoms with Gasteiger partial charge in [-0.1, -0.05) is 24.8 Å². The average molecular weight is 418 g/mol. The second kappa shape index (κ2) is 8.98. The quantitative estimate of drug-likeness (QED) is 0.334. The van der Waals surface area contributed by atoms with Gasteiger partial charge in [-0.15, -0.1) is 21.5 Å². The molecule has 10 heteroatoms. The van der Waals surface area contributed by atoms with Gasteiger partial charge in [0.1, 0.15) is 0 Å². The molecule has 0 saturated carbocycles. The number of nitrogens with one attached hydrogen (secondary N) is 1. The molecule has 0 aliphatic heterocycles. The number of benzene rings is 1.